The number of pyridine rings is 1. The van der Waals surface area contributed by atoms with Crippen LogP contribution in [0.25, 0.3) is 0 Å². The molecule has 0 aliphatic rings. The Morgan fingerprint density at radius 3 is 2.86 bits per heavy atom. The van der Waals surface area contributed by atoms with Gasteiger partial charge in [0.1, 0.15) is 5.75 Å². The minimum absolute atomic E-state index is 0.112. The predicted molar refractivity (Wildman–Crippen MR) is 83.1 cm³/mol. The van der Waals surface area contributed by atoms with E-state index in [0.717, 1.165) is 23.5 Å². The van der Waals surface area contributed by atoms with E-state index in [9.17, 15) is 4.79 Å². The van der Waals surface area contributed by atoms with Crippen molar-refractivity contribution >= 4 is 17.3 Å². The first-order chi connectivity index (χ1) is 10.2. The van der Waals surface area contributed by atoms with E-state index in [2.05, 4.69) is 15.6 Å². The summed E-state index contributed by atoms with van der Waals surface area (Å²) in [6.07, 6.45) is 4.14. The number of rotatable bonds is 6. The van der Waals surface area contributed by atoms with Gasteiger partial charge in [-0.1, -0.05) is 13.0 Å². The van der Waals surface area contributed by atoms with Gasteiger partial charge in [0.25, 0.3) is 5.91 Å². The van der Waals surface area contributed by atoms with Crippen molar-refractivity contribution in [3.8, 4) is 5.75 Å². The Balaban J connectivity index is 2.11. The third-order valence-corrected chi connectivity index (χ3v) is 2.89. The Morgan fingerprint density at radius 1 is 1.24 bits per heavy atom. The first kappa shape index (κ1) is 14.8. The summed E-state index contributed by atoms with van der Waals surface area (Å²) < 4.78 is 5.18. The highest BCUT2D eigenvalue weighted by molar-refractivity contribution is 5.94. The van der Waals surface area contributed by atoms with E-state index in [0.29, 0.717) is 12.1 Å². The number of nitrogens with one attached hydrogen (secondary N) is 2. The fraction of sp³-hybridized carbons (Fsp3) is 0.250. The quantitative estimate of drug-likeness (QED) is 0.856. The van der Waals surface area contributed by atoms with Gasteiger partial charge in [-0.2, -0.15) is 0 Å². The number of benzene rings is 1. The number of methoxy groups -OCH3 is 1. The van der Waals surface area contributed by atoms with Crippen molar-refractivity contribution in [1.29, 1.82) is 0 Å². The normalized spacial score (nSPS) is 10.0. The third-order valence-electron chi connectivity index (χ3n) is 2.89. The number of nitrogens with zero attached hydrogens (tertiary/aromatic N) is 1. The molecule has 0 radical (unpaired) electrons. The Labute approximate surface area is 124 Å². The van der Waals surface area contributed by atoms with Crippen molar-refractivity contribution in [2.45, 2.75) is 13.3 Å². The maximum Gasteiger partial charge on any atom is 0.252 e. The van der Waals surface area contributed by atoms with Crippen LogP contribution in [-0.2, 0) is 0 Å². The first-order valence-corrected chi connectivity index (χ1v) is 6.87. The first-order valence-electron chi connectivity index (χ1n) is 6.87. The highest BCUT2D eigenvalue weighted by Crippen LogP contribution is 2.21. The maximum atomic E-state index is 11.9. The number of aromatic nitrogens is 1. The molecule has 0 spiro atoms. The number of carbonyl (C=O) groups excluding carboxylic acids is 1. The van der Waals surface area contributed by atoms with E-state index < -0.39 is 0 Å². The molecule has 1 heterocycles. The lowest BCUT2D eigenvalue weighted by molar-refractivity contribution is 0.0953. The number of ether oxygens (including phenoxy) is 1. The van der Waals surface area contributed by atoms with Crippen LogP contribution in [0.3, 0.4) is 0 Å². The second-order valence-corrected chi connectivity index (χ2v) is 4.58. The molecule has 0 saturated heterocycles. The van der Waals surface area contributed by atoms with Gasteiger partial charge in [0.05, 0.1) is 24.6 Å². The SMILES string of the molecule is CCCNC(=O)c1cncc(Nc2cccc(OC)c2)c1. The van der Waals surface area contributed by atoms with Crippen LogP contribution < -0.4 is 15.4 Å². The molecule has 0 aliphatic carbocycles. The smallest absolute Gasteiger partial charge is 0.252 e. The standard InChI is InChI=1S/C16H19N3O2/c1-3-7-18-16(20)12-8-14(11-17-10-12)19-13-5-4-6-15(9-13)21-2/h4-6,8-11,19H,3,7H2,1-2H3,(H,18,20). The van der Waals surface area contributed by atoms with E-state index in [-0.39, 0.29) is 5.91 Å². The summed E-state index contributed by atoms with van der Waals surface area (Å²) in [5.41, 5.74) is 2.17. The van der Waals surface area contributed by atoms with Gasteiger partial charge in [0, 0.05) is 24.5 Å². The average Bonchev–Trinajstić information content (AvgIpc) is 2.53. The molecular formula is C16H19N3O2. The topological polar surface area (TPSA) is 63.2 Å². The molecule has 0 saturated carbocycles. The van der Waals surface area contributed by atoms with Crippen molar-refractivity contribution < 1.29 is 9.53 Å². The summed E-state index contributed by atoms with van der Waals surface area (Å²) in [6, 6.07) is 9.35. The van der Waals surface area contributed by atoms with Crippen LogP contribution in [0, 0.1) is 0 Å². The molecule has 0 fully saturated rings. The van der Waals surface area contributed by atoms with E-state index in [1.54, 1.807) is 25.6 Å². The van der Waals surface area contributed by atoms with Gasteiger partial charge in [-0.3, -0.25) is 9.78 Å². The molecule has 0 aliphatic heterocycles. The summed E-state index contributed by atoms with van der Waals surface area (Å²) in [5.74, 6) is 0.656. The van der Waals surface area contributed by atoms with Gasteiger partial charge in [-0.25, -0.2) is 0 Å². The monoisotopic (exact) mass is 285 g/mol. The third kappa shape index (κ3) is 4.21. The van der Waals surface area contributed by atoms with Gasteiger partial charge >= 0.3 is 0 Å². The van der Waals surface area contributed by atoms with Crippen molar-refractivity contribution in [2.75, 3.05) is 19.0 Å². The fourth-order valence-corrected chi connectivity index (χ4v) is 1.84. The van der Waals surface area contributed by atoms with Gasteiger partial charge < -0.3 is 15.4 Å². The minimum Gasteiger partial charge on any atom is -0.497 e. The number of anilines is 2. The Kier molecular flexibility index (Phi) is 5.15. The molecule has 5 heteroatoms. The largest absolute Gasteiger partial charge is 0.497 e. The van der Waals surface area contributed by atoms with Crippen molar-refractivity contribution in [3.63, 3.8) is 0 Å². The summed E-state index contributed by atoms with van der Waals surface area (Å²) in [6.45, 7) is 2.67. The van der Waals surface area contributed by atoms with Gasteiger partial charge in [0.2, 0.25) is 0 Å². The summed E-state index contributed by atoms with van der Waals surface area (Å²) >= 11 is 0. The van der Waals surface area contributed by atoms with Crippen LogP contribution in [0.1, 0.15) is 23.7 Å². The van der Waals surface area contributed by atoms with Crippen LogP contribution in [0.15, 0.2) is 42.7 Å². The number of hydrogen-bond acceptors (Lipinski definition) is 4. The van der Waals surface area contributed by atoms with Crippen LogP contribution in [-0.4, -0.2) is 24.5 Å². The van der Waals surface area contributed by atoms with Gasteiger partial charge in [-0.15, -0.1) is 0 Å². The Bertz CT molecular complexity index is 614. The summed E-state index contributed by atoms with van der Waals surface area (Å²) in [7, 11) is 1.62. The molecule has 1 aromatic carbocycles. The highest BCUT2D eigenvalue weighted by Gasteiger charge is 2.06. The van der Waals surface area contributed by atoms with E-state index in [1.807, 2.05) is 31.2 Å². The molecule has 1 aromatic heterocycles. The maximum absolute atomic E-state index is 11.9. The molecule has 2 N–H and O–H groups in total. The van der Waals surface area contributed by atoms with Gasteiger partial charge in [0.15, 0.2) is 0 Å². The zero-order valence-electron chi connectivity index (χ0n) is 12.2. The zero-order chi connectivity index (χ0) is 15.1. The molecule has 2 rings (SSSR count). The van der Waals surface area contributed by atoms with Crippen molar-refractivity contribution in [2.24, 2.45) is 0 Å². The molecule has 0 unspecified atom stereocenters. The van der Waals surface area contributed by atoms with Gasteiger partial charge in [-0.05, 0) is 24.6 Å². The predicted octanol–water partition coefficient (Wildman–Crippen LogP) is 2.97. The van der Waals surface area contributed by atoms with E-state index >= 15 is 0 Å². The average molecular weight is 285 g/mol. The molecule has 5 nitrogen and oxygen atoms in total. The molecule has 110 valence electrons. The van der Waals surface area contributed by atoms with E-state index in [4.69, 9.17) is 4.74 Å². The highest BCUT2D eigenvalue weighted by atomic mass is 16.5. The Morgan fingerprint density at radius 2 is 2.10 bits per heavy atom. The minimum atomic E-state index is -0.112. The summed E-state index contributed by atoms with van der Waals surface area (Å²) in [4.78, 5) is 16.0. The number of carbonyl (C=O) groups is 1. The Hall–Kier alpha value is -2.56. The molecule has 0 atom stereocenters. The molecule has 2 aromatic rings. The van der Waals surface area contributed by atoms with Crippen molar-refractivity contribution in [3.05, 3.63) is 48.3 Å². The second-order valence-electron chi connectivity index (χ2n) is 4.58. The lowest BCUT2D eigenvalue weighted by Gasteiger charge is -2.09. The lowest BCUT2D eigenvalue weighted by Crippen LogP contribution is -2.24. The van der Waals surface area contributed by atoms with Crippen molar-refractivity contribution in [1.82, 2.24) is 10.3 Å². The lowest BCUT2D eigenvalue weighted by atomic mass is 10.2. The molecule has 0 bridgehead atoms. The number of hydrogen-bond donors (Lipinski definition) is 2. The summed E-state index contributed by atoms with van der Waals surface area (Å²) in [5, 5.41) is 6.04. The zero-order valence-corrected chi connectivity index (χ0v) is 12.2. The molecule has 21 heavy (non-hydrogen) atoms. The molecule has 1 amide bonds. The van der Waals surface area contributed by atoms with E-state index in [1.165, 1.54) is 0 Å². The van der Waals surface area contributed by atoms with Crippen LogP contribution in [0.2, 0.25) is 0 Å². The van der Waals surface area contributed by atoms with Crippen LogP contribution in [0.4, 0.5) is 11.4 Å². The fourth-order valence-electron chi connectivity index (χ4n) is 1.84. The molecular weight excluding hydrogens is 266 g/mol. The second kappa shape index (κ2) is 7.28. The number of amides is 1. The van der Waals surface area contributed by atoms with Crippen LogP contribution >= 0.6 is 0 Å². The van der Waals surface area contributed by atoms with Crippen LogP contribution in [0.5, 0.6) is 5.75 Å².